The molecule has 1 nitrogen and oxygen atoms in total. The molecule has 0 unspecified atom stereocenters. The van der Waals surface area contributed by atoms with E-state index in [1.165, 1.54) is 32.7 Å². The Bertz CT molecular complexity index is 1590. The number of anilines is 3. The summed E-state index contributed by atoms with van der Waals surface area (Å²) in [5.41, 5.74) is 6.52. The fourth-order valence-corrected chi connectivity index (χ4v) is 4.72. The molecule has 0 aromatic heterocycles. The van der Waals surface area contributed by atoms with E-state index in [0.29, 0.717) is 0 Å². The van der Waals surface area contributed by atoms with E-state index in [0.717, 1.165) is 22.5 Å². The Hall–Kier alpha value is -4.30. The third-order valence-electron chi connectivity index (χ3n) is 6.38. The molecule has 0 aliphatic carbocycles. The topological polar surface area (TPSA) is 3.24 Å². The Morgan fingerprint density at radius 3 is 1.68 bits per heavy atom. The standard InChI is InChI=1S/C32H22BN/c33-26-17-21-28(22-18-26)34(32-14-6-10-24-8-2-4-12-31(24)32)27-19-15-25(16-20-27)30-13-5-9-23-7-1-3-11-29(23)30/h1-22H. The molecule has 0 spiro atoms. The van der Waals surface area contributed by atoms with Crippen LogP contribution in [0.3, 0.4) is 0 Å². The second-order valence-corrected chi connectivity index (χ2v) is 8.50. The lowest BCUT2D eigenvalue weighted by Gasteiger charge is -2.27. The summed E-state index contributed by atoms with van der Waals surface area (Å²) in [7, 11) is 6.01. The lowest BCUT2D eigenvalue weighted by Crippen LogP contribution is -2.12. The van der Waals surface area contributed by atoms with Crippen molar-refractivity contribution in [3.63, 3.8) is 0 Å². The van der Waals surface area contributed by atoms with E-state index >= 15 is 0 Å². The maximum Gasteiger partial charge on any atom is 0.113 e. The molecule has 0 heterocycles. The number of fused-ring (bicyclic) bond motifs is 2. The van der Waals surface area contributed by atoms with Gasteiger partial charge in [-0.25, -0.2) is 0 Å². The molecule has 0 saturated heterocycles. The summed E-state index contributed by atoms with van der Waals surface area (Å²) < 4.78 is 0. The highest BCUT2D eigenvalue weighted by Crippen LogP contribution is 2.39. The molecule has 34 heavy (non-hydrogen) atoms. The smallest absolute Gasteiger partial charge is 0.113 e. The quantitative estimate of drug-likeness (QED) is 0.256. The first-order valence-electron chi connectivity index (χ1n) is 11.5. The van der Waals surface area contributed by atoms with Gasteiger partial charge >= 0.3 is 0 Å². The van der Waals surface area contributed by atoms with Gasteiger partial charge in [-0.3, -0.25) is 0 Å². The normalized spacial score (nSPS) is 11.1. The molecule has 0 fully saturated rings. The van der Waals surface area contributed by atoms with Crippen LogP contribution >= 0.6 is 0 Å². The highest BCUT2D eigenvalue weighted by atomic mass is 15.1. The molecule has 0 saturated carbocycles. The number of hydrogen-bond acceptors (Lipinski definition) is 1. The average molecular weight is 431 g/mol. The Labute approximate surface area is 201 Å². The molecule has 158 valence electrons. The second-order valence-electron chi connectivity index (χ2n) is 8.50. The van der Waals surface area contributed by atoms with Crippen molar-refractivity contribution in [2.75, 3.05) is 4.90 Å². The Morgan fingerprint density at radius 2 is 0.971 bits per heavy atom. The van der Waals surface area contributed by atoms with E-state index in [4.69, 9.17) is 7.85 Å². The summed E-state index contributed by atoms with van der Waals surface area (Å²) >= 11 is 0. The van der Waals surface area contributed by atoms with Crippen LogP contribution in [0.5, 0.6) is 0 Å². The van der Waals surface area contributed by atoms with Gasteiger partial charge in [0.1, 0.15) is 7.85 Å². The molecule has 0 atom stereocenters. The largest absolute Gasteiger partial charge is 0.310 e. The van der Waals surface area contributed by atoms with Crippen LogP contribution in [0.4, 0.5) is 17.1 Å². The van der Waals surface area contributed by atoms with E-state index in [9.17, 15) is 0 Å². The van der Waals surface area contributed by atoms with Gasteiger partial charge in [0, 0.05) is 16.8 Å². The minimum atomic E-state index is 0.757. The van der Waals surface area contributed by atoms with E-state index in [2.05, 4.69) is 126 Å². The summed E-state index contributed by atoms with van der Waals surface area (Å²) in [6, 6.07) is 46.9. The van der Waals surface area contributed by atoms with Crippen molar-refractivity contribution in [3.05, 3.63) is 133 Å². The molecule has 0 bridgehead atoms. The van der Waals surface area contributed by atoms with Gasteiger partial charge < -0.3 is 4.90 Å². The first kappa shape index (κ1) is 20.3. The number of benzene rings is 6. The molecule has 6 rings (SSSR count). The molecule has 0 aliphatic rings. The zero-order valence-corrected chi connectivity index (χ0v) is 18.7. The molecule has 0 N–H and O–H groups in total. The third-order valence-corrected chi connectivity index (χ3v) is 6.38. The van der Waals surface area contributed by atoms with Crippen molar-refractivity contribution in [2.45, 2.75) is 0 Å². The summed E-state index contributed by atoms with van der Waals surface area (Å²) in [4.78, 5) is 2.30. The van der Waals surface area contributed by atoms with Crippen molar-refractivity contribution in [1.82, 2.24) is 0 Å². The highest BCUT2D eigenvalue weighted by molar-refractivity contribution is 6.32. The van der Waals surface area contributed by atoms with Crippen molar-refractivity contribution in [2.24, 2.45) is 0 Å². The number of hydrogen-bond donors (Lipinski definition) is 0. The van der Waals surface area contributed by atoms with Gasteiger partial charge in [0.2, 0.25) is 0 Å². The fraction of sp³-hybridized carbons (Fsp3) is 0. The maximum atomic E-state index is 6.01. The Balaban J connectivity index is 1.50. The third kappa shape index (κ3) is 3.64. The molecule has 6 aromatic rings. The molecular weight excluding hydrogens is 409 g/mol. The predicted molar refractivity (Wildman–Crippen MR) is 147 cm³/mol. The molecule has 0 amide bonds. The fourth-order valence-electron chi connectivity index (χ4n) is 4.72. The summed E-state index contributed by atoms with van der Waals surface area (Å²) in [6.07, 6.45) is 0. The van der Waals surface area contributed by atoms with E-state index in [1.807, 2.05) is 12.1 Å². The van der Waals surface area contributed by atoms with Gasteiger partial charge in [-0.05, 0) is 57.6 Å². The minimum Gasteiger partial charge on any atom is -0.310 e. The van der Waals surface area contributed by atoms with Gasteiger partial charge in [0.15, 0.2) is 0 Å². The monoisotopic (exact) mass is 431 g/mol. The van der Waals surface area contributed by atoms with Crippen molar-refractivity contribution >= 4 is 51.9 Å². The van der Waals surface area contributed by atoms with Gasteiger partial charge in [-0.1, -0.05) is 109 Å². The Morgan fingerprint density at radius 1 is 0.441 bits per heavy atom. The van der Waals surface area contributed by atoms with Crippen LogP contribution in [0.15, 0.2) is 133 Å². The van der Waals surface area contributed by atoms with Gasteiger partial charge in [-0.2, -0.15) is 0 Å². The van der Waals surface area contributed by atoms with Crippen LogP contribution in [0, 0.1) is 0 Å². The Kier molecular flexibility index (Phi) is 5.12. The zero-order chi connectivity index (χ0) is 22.9. The van der Waals surface area contributed by atoms with Crippen LogP contribution in [0.2, 0.25) is 0 Å². The first-order valence-corrected chi connectivity index (χ1v) is 11.5. The van der Waals surface area contributed by atoms with E-state index in [1.54, 1.807) is 0 Å². The van der Waals surface area contributed by atoms with Gasteiger partial charge in [-0.15, -0.1) is 0 Å². The van der Waals surface area contributed by atoms with Crippen molar-refractivity contribution in [1.29, 1.82) is 0 Å². The highest BCUT2D eigenvalue weighted by Gasteiger charge is 2.15. The van der Waals surface area contributed by atoms with Crippen molar-refractivity contribution in [3.8, 4) is 11.1 Å². The summed E-state index contributed by atoms with van der Waals surface area (Å²) in [5.74, 6) is 0. The lowest BCUT2D eigenvalue weighted by atomic mass is 9.95. The first-order chi connectivity index (χ1) is 16.8. The number of rotatable bonds is 4. The lowest BCUT2D eigenvalue weighted by molar-refractivity contribution is 1.30. The van der Waals surface area contributed by atoms with Crippen LogP contribution in [0.1, 0.15) is 0 Å². The molecule has 2 heteroatoms. The maximum absolute atomic E-state index is 6.01. The number of nitrogens with zero attached hydrogens (tertiary/aromatic N) is 1. The molecule has 6 aromatic carbocycles. The predicted octanol–water partition coefficient (Wildman–Crippen LogP) is 7.92. The van der Waals surface area contributed by atoms with Crippen molar-refractivity contribution < 1.29 is 0 Å². The van der Waals surface area contributed by atoms with E-state index < -0.39 is 0 Å². The average Bonchev–Trinajstić information content (AvgIpc) is 2.90. The van der Waals surface area contributed by atoms with Crippen LogP contribution in [-0.2, 0) is 0 Å². The van der Waals surface area contributed by atoms with Crippen LogP contribution < -0.4 is 10.4 Å². The zero-order valence-electron chi connectivity index (χ0n) is 18.7. The summed E-state index contributed by atoms with van der Waals surface area (Å²) in [5, 5.41) is 4.94. The van der Waals surface area contributed by atoms with E-state index in [-0.39, 0.29) is 0 Å². The summed E-state index contributed by atoms with van der Waals surface area (Å²) in [6.45, 7) is 0. The van der Waals surface area contributed by atoms with Gasteiger partial charge in [0.25, 0.3) is 0 Å². The SMILES string of the molecule is [B]c1ccc(N(c2ccc(-c3cccc4ccccc34)cc2)c2cccc3ccccc23)cc1. The van der Waals surface area contributed by atoms with Gasteiger partial charge in [0.05, 0.1) is 5.69 Å². The van der Waals surface area contributed by atoms with Crippen LogP contribution in [0.25, 0.3) is 32.7 Å². The molecule has 2 radical (unpaired) electrons. The molecule has 0 aliphatic heterocycles. The minimum absolute atomic E-state index is 0.757. The second kappa shape index (κ2) is 8.57. The van der Waals surface area contributed by atoms with Crippen LogP contribution in [-0.4, -0.2) is 7.85 Å². The molecular formula is C32H22BN.